The van der Waals surface area contributed by atoms with Crippen LogP contribution < -0.4 is 10.9 Å². The van der Waals surface area contributed by atoms with Crippen molar-refractivity contribution in [1.29, 1.82) is 0 Å². The summed E-state index contributed by atoms with van der Waals surface area (Å²) in [5.74, 6) is -1.09. The standard InChI is InChI=1S/C12H16F3N3O5/c1-6(19)8(5-23-3-2-9(20)21)17-7-4-16-18-11(22)10(7)12(13,14)15/h4,6,8,19H,2-3,5H2,1H3,(H,20,21)(H2,17,18,22). The van der Waals surface area contributed by atoms with Crippen LogP contribution in [0, 0.1) is 0 Å². The maximum atomic E-state index is 12.9. The third-order valence-corrected chi connectivity index (χ3v) is 2.82. The van der Waals surface area contributed by atoms with Crippen LogP contribution in [0.15, 0.2) is 11.0 Å². The molecule has 4 N–H and O–H groups in total. The fourth-order valence-corrected chi connectivity index (χ4v) is 1.66. The van der Waals surface area contributed by atoms with E-state index in [4.69, 9.17) is 9.84 Å². The zero-order chi connectivity index (χ0) is 17.6. The van der Waals surface area contributed by atoms with Crippen molar-refractivity contribution < 1.29 is 32.9 Å². The number of alkyl halides is 3. The smallest absolute Gasteiger partial charge is 0.423 e. The summed E-state index contributed by atoms with van der Waals surface area (Å²) in [4.78, 5) is 21.7. The third kappa shape index (κ3) is 5.87. The van der Waals surface area contributed by atoms with Crippen LogP contribution >= 0.6 is 0 Å². The average molecular weight is 339 g/mol. The summed E-state index contributed by atoms with van der Waals surface area (Å²) in [5.41, 5.74) is -3.49. The molecule has 0 aliphatic carbocycles. The number of aliphatic hydroxyl groups is 1. The lowest BCUT2D eigenvalue weighted by atomic mass is 10.1. The van der Waals surface area contributed by atoms with Gasteiger partial charge in [0.05, 0.1) is 43.7 Å². The minimum atomic E-state index is -4.91. The Morgan fingerprint density at radius 2 is 2.17 bits per heavy atom. The van der Waals surface area contributed by atoms with Crippen LogP contribution in [0.2, 0.25) is 0 Å². The molecule has 0 spiro atoms. The van der Waals surface area contributed by atoms with Gasteiger partial charge in [0, 0.05) is 0 Å². The van der Waals surface area contributed by atoms with Gasteiger partial charge in [0.15, 0.2) is 0 Å². The number of H-pyrrole nitrogens is 1. The van der Waals surface area contributed by atoms with Gasteiger partial charge in [-0.25, -0.2) is 5.10 Å². The Kier molecular flexibility index (Phi) is 6.51. The van der Waals surface area contributed by atoms with E-state index in [1.165, 1.54) is 6.92 Å². The first-order chi connectivity index (χ1) is 10.6. The van der Waals surface area contributed by atoms with E-state index in [-0.39, 0.29) is 19.6 Å². The molecular formula is C12H16F3N3O5. The van der Waals surface area contributed by atoms with Crippen molar-refractivity contribution in [2.24, 2.45) is 0 Å². The van der Waals surface area contributed by atoms with Crippen LogP contribution in [0.4, 0.5) is 18.9 Å². The Hall–Kier alpha value is -2.14. The lowest BCUT2D eigenvalue weighted by Gasteiger charge is -2.23. The highest BCUT2D eigenvalue weighted by molar-refractivity contribution is 5.66. The number of anilines is 1. The number of aliphatic carboxylic acids is 1. The molecule has 2 unspecified atom stereocenters. The summed E-state index contributed by atoms with van der Waals surface area (Å²) in [7, 11) is 0. The van der Waals surface area contributed by atoms with E-state index in [1.807, 2.05) is 0 Å². The van der Waals surface area contributed by atoms with Gasteiger partial charge in [0.25, 0.3) is 5.56 Å². The number of hydrogen-bond acceptors (Lipinski definition) is 6. The summed E-state index contributed by atoms with van der Waals surface area (Å²) in [6.45, 7) is 0.890. The highest BCUT2D eigenvalue weighted by Gasteiger charge is 2.38. The number of carboxylic acid groups (broad SMARTS) is 1. The van der Waals surface area contributed by atoms with Gasteiger partial charge in [-0.05, 0) is 6.92 Å². The molecule has 0 saturated carbocycles. The number of carbonyl (C=O) groups is 1. The molecule has 0 aromatic carbocycles. The second-order valence-corrected chi connectivity index (χ2v) is 4.70. The van der Waals surface area contributed by atoms with Gasteiger partial charge in [0.1, 0.15) is 5.56 Å². The first kappa shape index (κ1) is 18.9. The quantitative estimate of drug-likeness (QED) is 0.507. The summed E-state index contributed by atoms with van der Waals surface area (Å²) in [6, 6.07) is -0.992. The normalized spacial score (nSPS) is 14.3. The molecule has 130 valence electrons. The number of aromatic amines is 1. The number of ether oxygens (including phenoxy) is 1. The largest absolute Gasteiger partial charge is 0.481 e. The van der Waals surface area contributed by atoms with Crippen LogP contribution in [0.5, 0.6) is 0 Å². The molecule has 0 bridgehead atoms. The van der Waals surface area contributed by atoms with E-state index in [2.05, 4.69) is 10.4 Å². The van der Waals surface area contributed by atoms with Crippen LogP contribution in [0.1, 0.15) is 18.9 Å². The van der Waals surface area contributed by atoms with E-state index in [9.17, 15) is 27.9 Å². The lowest BCUT2D eigenvalue weighted by Crippen LogP contribution is -2.38. The highest BCUT2D eigenvalue weighted by atomic mass is 19.4. The Bertz CT molecular complexity index is 588. The molecule has 0 radical (unpaired) electrons. The van der Waals surface area contributed by atoms with Gasteiger partial charge in [-0.1, -0.05) is 0 Å². The minimum absolute atomic E-state index is 0.167. The maximum Gasteiger partial charge on any atom is 0.423 e. The van der Waals surface area contributed by atoms with Crippen LogP contribution in [0.25, 0.3) is 0 Å². The van der Waals surface area contributed by atoms with E-state index >= 15 is 0 Å². The fourth-order valence-electron chi connectivity index (χ4n) is 1.66. The second-order valence-electron chi connectivity index (χ2n) is 4.70. The summed E-state index contributed by atoms with van der Waals surface area (Å²) in [5, 5.41) is 25.4. The molecule has 0 amide bonds. The molecule has 23 heavy (non-hydrogen) atoms. The SMILES string of the molecule is CC(O)C(COCCC(=O)O)Nc1cn[nH]c(=O)c1C(F)(F)F. The highest BCUT2D eigenvalue weighted by Crippen LogP contribution is 2.31. The number of carboxylic acids is 1. The number of nitrogens with zero attached hydrogens (tertiary/aromatic N) is 1. The summed E-state index contributed by atoms with van der Waals surface area (Å²) in [6.07, 6.45) is -5.55. The first-order valence-corrected chi connectivity index (χ1v) is 6.52. The number of aliphatic hydroxyl groups excluding tert-OH is 1. The Morgan fingerprint density at radius 1 is 1.52 bits per heavy atom. The predicted octanol–water partition coefficient (Wildman–Crippen LogP) is 0.441. The molecule has 0 aliphatic heterocycles. The van der Waals surface area contributed by atoms with Crippen LogP contribution in [-0.2, 0) is 15.7 Å². The Morgan fingerprint density at radius 3 is 2.70 bits per heavy atom. The zero-order valence-electron chi connectivity index (χ0n) is 12.1. The third-order valence-electron chi connectivity index (χ3n) is 2.82. The number of nitrogens with one attached hydrogen (secondary N) is 2. The summed E-state index contributed by atoms with van der Waals surface area (Å²) < 4.78 is 43.7. The van der Waals surface area contributed by atoms with Gasteiger partial charge in [-0.2, -0.15) is 18.3 Å². The molecule has 1 rings (SSSR count). The molecule has 2 atom stereocenters. The number of aromatic nitrogens is 2. The topological polar surface area (TPSA) is 125 Å². The molecule has 0 aliphatic rings. The van der Waals surface area contributed by atoms with Gasteiger partial charge in [0.2, 0.25) is 0 Å². The van der Waals surface area contributed by atoms with E-state index in [1.54, 1.807) is 5.10 Å². The lowest BCUT2D eigenvalue weighted by molar-refractivity contribution is -0.139. The van der Waals surface area contributed by atoms with Crippen molar-refractivity contribution in [3.05, 3.63) is 22.1 Å². The van der Waals surface area contributed by atoms with Crippen molar-refractivity contribution in [3.63, 3.8) is 0 Å². The number of halogens is 3. The number of rotatable bonds is 8. The second kappa shape index (κ2) is 7.92. The van der Waals surface area contributed by atoms with Crippen molar-refractivity contribution >= 4 is 11.7 Å². The Balaban J connectivity index is 2.87. The maximum absolute atomic E-state index is 12.9. The first-order valence-electron chi connectivity index (χ1n) is 6.52. The molecule has 11 heteroatoms. The van der Waals surface area contributed by atoms with Crippen molar-refractivity contribution in [1.82, 2.24) is 10.2 Å². The van der Waals surface area contributed by atoms with E-state index in [0.717, 1.165) is 6.20 Å². The van der Waals surface area contributed by atoms with E-state index < -0.39 is 41.1 Å². The summed E-state index contributed by atoms with van der Waals surface area (Å²) >= 11 is 0. The fraction of sp³-hybridized carbons (Fsp3) is 0.583. The minimum Gasteiger partial charge on any atom is -0.481 e. The molecule has 8 nitrogen and oxygen atoms in total. The predicted molar refractivity (Wildman–Crippen MR) is 72.0 cm³/mol. The average Bonchev–Trinajstić information content (AvgIpc) is 2.40. The van der Waals surface area contributed by atoms with Gasteiger partial charge < -0.3 is 20.3 Å². The molecule has 1 aromatic rings. The van der Waals surface area contributed by atoms with Crippen LogP contribution in [0.3, 0.4) is 0 Å². The van der Waals surface area contributed by atoms with Crippen molar-refractivity contribution in [2.45, 2.75) is 31.7 Å². The van der Waals surface area contributed by atoms with Crippen molar-refractivity contribution in [3.8, 4) is 0 Å². The van der Waals surface area contributed by atoms with Gasteiger partial charge in [-0.3, -0.25) is 9.59 Å². The van der Waals surface area contributed by atoms with Gasteiger partial charge >= 0.3 is 12.1 Å². The van der Waals surface area contributed by atoms with Crippen LogP contribution in [-0.4, -0.2) is 51.7 Å². The number of hydrogen-bond donors (Lipinski definition) is 4. The molecule has 1 heterocycles. The van der Waals surface area contributed by atoms with Gasteiger partial charge in [-0.15, -0.1) is 0 Å². The molecule has 0 fully saturated rings. The zero-order valence-corrected chi connectivity index (χ0v) is 12.1. The Labute approximate surface area is 128 Å². The molecule has 1 aromatic heterocycles. The molecular weight excluding hydrogens is 323 g/mol. The molecule has 0 saturated heterocycles. The van der Waals surface area contributed by atoms with Crippen molar-refractivity contribution in [2.75, 3.05) is 18.5 Å². The van der Waals surface area contributed by atoms with E-state index in [0.29, 0.717) is 0 Å². The monoisotopic (exact) mass is 339 g/mol.